The van der Waals surface area contributed by atoms with Gasteiger partial charge in [-0.1, -0.05) is 6.07 Å². The number of hydrogen-bond donors (Lipinski definition) is 0. The Morgan fingerprint density at radius 2 is 2.00 bits per heavy atom. The predicted molar refractivity (Wildman–Crippen MR) is 63.0 cm³/mol. The second-order valence-corrected chi connectivity index (χ2v) is 5.08. The van der Waals surface area contributed by atoms with Gasteiger partial charge in [-0.3, -0.25) is 0 Å². The standard InChI is InChI=1S/C13H7F3O2S/c14-13(15,16)7-3-4-8-9(6-7)11(18-12(8)17)10-2-1-5-19-10/h1-6,11H. The zero-order chi connectivity index (χ0) is 13.6. The molecule has 98 valence electrons. The Labute approximate surface area is 110 Å². The van der Waals surface area contributed by atoms with Gasteiger partial charge in [-0.2, -0.15) is 13.2 Å². The molecule has 1 unspecified atom stereocenters. The minimum atomic E-state index is -4.43. The molecule has 0 spiro atoms. The van der Waals surface area contributed by atoms with E-state index >= 15 is 0 Å². The molecule has 2 nitrogen and oxygen atoms in total. The molecule has 0 bridgehead atoms. The fourth-order valence-corrected chi connectivity index (χ4v) is 2.80. The Kier molecular flexibility index (Phi) is 2.63. The van der Waals surface area contributed by atoms with E-state index in [1.54, 1.807) is 17.5 Å². The van der Waals surface area contributed by atoms with Crippen LogP contribution >= 0.6 is 11.3 Å². The van der Waals surface area contributed by atoms with E-state index in [9.17, 15) is 18.0 Å². The molecule has 3 rings (SSSR count). The molecule has 2 aromatic rings. The predicted octanol–water partition coefficient (Wildman–Crippen LogP) is 4.03. The van der Waals surface area contributed by atoms with Crippen LogP contribution in [0.3, 0.4) is 0 Å². The highest BCUT2D eigenvalue weighted by Gasteiger charge is 2.37. The summed E-state index contributed by atoms with van der Waals surface area (Å²) in [5, 5.41) is 1.79. The molecule has 1 atom stereocenters. The van der Waals surface area contributed by atoms with Crippen molar-refractivity contribution < 1.29 is 22.7 Å². The van der Waals surface area contributed by atoms with Crippen LogP contribution in [0.15, 0.2) is 35.7 Å². The lowest BCUT2D eigenvalue weighted by Gasteiger charge is -2.11. The van der Waals surface area contributed by atoms with Crippen LogP contribution in [0.2, 0.25) is 0 Å². The van der Waals surface area contributed by atoms with E-state index in [4.69, 9.17) is 4.74 Å². The number of halogens is 3. The lowest BCUT2D eigenvalue weighted by atomic mass is 10.0. The van der Waals surface area contributed by atoms with E-state index < -0.39 is 23.8 Å². The number of alkyl halides is 3. The Hall–Kier alpha value is -1.82. The quantitative estimate of drug-likeness (QED) is 0.739. The van der Waals surface area contributed by atoms with Gasteiger partial charge in [-0.25, -0.2) is 4.79 Å². The van der Waals surface area contributed by atoms with Gasteiger partial charge in [0.2, 0.25) is 0 Å². The summed E-state index contributed by atoms with van der Waals surface area (Å²) in [6.45, 7) is 0. The van der Waals surface area contributed by atoms with E-state index in [1.165, 1.54) is 17.4 Å². The molecule has 0 saturated heterocycles. The summed E-state index contributed by atoms with van der Waals surface area (Å²) in [5.41, 5.74) is -0.292. The molecule has 0 saturated carbocycles. The van der Waals surface area contributed by atoms with Crippen molar-refractivity contribution in [3.05, 3.63) is 57.3 Å². The van der Waals surface area contributed by atoms with Crippen LogP contribution < -0.4 is 0 Å². The first kappa shape index (κ1) is 12.2. The third-order valence-electron chi connectivity index (χ3n) is 2.91. The molecule has 1 aliphatic heterocycles. The lowest BCUT2D eigenvalue weighted by molar-refractivity contribution is -0.137. The number of ether oxygens (including phenoxy) is 1. The maximum Gasteiger partial charge on any atom is 0.416 e. The van der Waals surface area contributed by atoms with Crippen LogP contribution in [0.25, 0.3) is 0 Å². The van der Waals surface area contributed by atoms with Gasteiger partial charge in [0.05, 0.1) is 11.1 Å². The van der Waals surface area contributed by atoms with Crippen LogP contribution in [-0.4, -0.2) is 5.97 Å². The first-order chi connectivity index (χ1) is 8.97. The van der Waals surface area contributed by atoms with Crippen molar-refractivity contribution in [2.45, 2.75) is 12.3 Å². The number of hydrogen-bond acceptors (Lipinski definition) is 3. The van der Waals surface area contributed by atoms with Crippen LogP contribution in [0.1, 0.15) is 32.5 Å². The summed E-state index contributed by atoms with van der Waals surface area (Å²) in [6, 6.07) is 6.56. The van der Waals surface area contributed by atoms with E-state index in [1.807, 2.05) is 0 Å². The van der Waals surface area contributed by atoms with Crippen LogP contribution in [0, 0.1) is 0 Å². The van der Waals surface area contributed by atoms with E-state index in [2.05, 4.69) is 0 Å². The maximum absolute atomic E-state index is 12.7. The van der Waals surface area contributed by atoms with Crippen LogP contribution in [0.5, 0.6) is 0 Å². The molecule has 19 heavy (non-hydrogen) atoms. The van der Waals surface area contributed by atoms with Gasteiger partial charge < -0.3 is 4.74 Å². The zero-order valence-electron chi connectivity index (χ0n) is 9.40. The van der Waals surface area contributed by atoms with Crippen molar-refractivity contribution in [2.24, 2.45) is 0 Å². The SMILES string of the molecule is O=C1OC(c2cccs2)c2cc(C(F)(F)F)ccc21. The third-order valence-corrected chi connectivity index (χ3v) is 3.82. The molecular formula is C13H7F3O2S. The van der Waals surface area contributed by atoms with E-state index in [-0.39, 0.29) is 11.1 Å². The molecule has 1 aromatic carbocycles. The summed E-state index contributed by atoms with van der Waals surface area (Å²) < 4.78 is 43.2. The van der Waals surface area contributed by atoms with Gasteiger partial charge in [0.25, 0.3) is 0 Å². The topological polar surface area (TPSA) is 26.3 Å². The molecule has 0 fully saturated rings. The Bertz CT molecular complexity index is 632. The highest BCUT2D eigenvalue weighted by atomic mass is 32.1. The number of carbonyl (C=O) groups is 1. The molecule has 0 N–H and O–H groups in total. The normalized spacial score (nSPS) is 18.3. The highest BCUT2D eigenvalue weighted by molar-refractivity contribution is 7.10. The first-order valence-corrected chi connectivity index (χ1v) is 6.30. The highest BCUT2D eigenvalue weighted by Crippen LogP contribution is 2.40. The van der Waals surface area contributed by atoms with Crippen molar-refractivity contribution >= 4 is 17.3 Å². The fraction of sp³-hybridized carbons (Fsp3) is 0.154. The molecule has 0 amide bonds. The van der Waals surface area contributed by atoms with E-state index in [0.29, 0.717) is 4.88 Å². The van der Waals surface area contributed by atoms with Gasteiger partial charge in [0.1, 0.15) is 0 Å². The summed E-state index contributed by atoms with van der Waals surface area (Å²) in [4.78, 5) is 12.3. The molecular weight excluding hydrogens is 277 g/mol. The second-order valence-electron chi connectivity index (χ2n) is 4.10. The number of thiophene rings is 1. The smallest absolute Gasteiger partial charge is 0.416 e. The maximum atomic E-state index is 12.7. The molecule has 1 aliphatic rings. The largest absolute Gasteiger partial charge is 0.448 e. The van der Waals surface area contributed by atoms with Gasteiger partial charge in [0.15, 0.2) is 6.10 Å². The number of carbonyl (C=O) groups excluding carboxylic acids is 1. The number of rotatable bonds is 1. The van der Waals surface area contributed by atoms with Crippen LogP contribution in [-0.2, 0) is 10.9 Å². The van der Waals surface area contributed by atoms with Crippen molar-refractivity contribution in [1.29, 1.82) is 0 Å². The fourth-order valence-electron chi connectivity index (χ4n) is 2.03. The average molecular weight is 284 g/mol. The third kappa shape index (κ3) is 2.02. The molecule has 2 heterocycles. The summed E-state index contributed by atoms with van der Waals surface area (Å²) in [7, 11) is 0. The summed E-state index contributed by atoms with van der Waals surface area (Å²) >= 11 is 1.34. The minimum absolute atomic E-state index is 0.200. The minimum Gasteiger partial charge on any atom is -0.448 e. The number of fused-ring (bicyclic) bond motifs is 1. The number of cyclic esters (lactones) is 1. The van der Waals surface area contributed by atoms with Gasteiger partial charge in [-0.05, 0) is 29.6 Å². The van der Waals surface area contributed by atoms with Crippen molar-refractivity contribution in [3.8, 4) is 0 Å². The lowest BCUT2D eigenvalue weighted by Crippen LogP contribution is -2.06. The second kappa shape index (κ2) is 4.09. The average Bonchev–Trinajstić information content (AvgIpc) is 2.96. The van der Waals surface area contributed by atoms with E-state index in [0.717, 1.165) is 12.1 Å². The Balaban J connectivity index is 2.11. The van der Waals surface area contributed by atoms with Crippen molar-refractivity contribution in [1.82, 2.24) is 0 Å². The van der Waals surface area contributed by atoms with Crippen LogP contribution in [0.4, 0.5) is 13.2 Å². The summed E-state index contributed by atoms with van der Waals surface area (Å²) in [6.07, 6.45) is -5.16. The van der Waals surface area contributed by atoms with Crippen molar-refractivity contribution in [2.75, 3.05) is 0 Å². The molecule has 6 heteroatoms. The Morgan fingerprint density at radius 3 is 2.63 bits per heavy atom. The number of esters is 1. The Morgan fingerprint density at radius 1 is 1.21 bits per heavy atom. The zero-order valence-corrected chi connectivity index (χ0v) is 10.2. The van der Waals surface area contributed by atoms with Gasteiger partial charge in [-0.15, -0.1) is 11.3 Å². The van der Waals surface area contributed by atoms with Gasteiger partial charge >= 0.3 is 12.1 Å². The molecule has 1 aromatic heterocycles. The molecule has 0 radical (unpaired) electrons. The molecule has 0 aliphatic carbocycles. The first-order valence-electron chi connectivity index (χ1n) is 5.42. The van der Waals surface area contributed by atoms with Crippen molar-refractivity contribution in [3.63, 3.8) is 0 Å². The van der Waals surface area contributed by atoms with Gasteiger partial charge in [0, 0.05) is 10.4 Å². The monoisotopic (exact) mass is 284 g/mol. The summed E-state index contributed by atoms with van der Waals surface area (Å²) in [5.74, 6) is -0.581. The number of benzene rings is 1.